The molecule has 0 unspecified atom stereocenters. The molecule has 1 aliphatic heterocycles. The quantitative estimate of drug-likeness (QED) is 0.118. The Balaban J connectivity index is 0.000000111. The van der Waals surface area contributed by atoms with Gasteiger partial charge < -0.3 is 9.64 Å². The first-order valence-corrected chi connectivity index (χ1v) is 39.7. The molecule has 0 N–H and O–H groups in total. The number of alkyl halides is 2. The molecule has 4 fully saturated rings. The van der Waals surface area contributed by atoms with Crippen molar-refractivity contribution in [3.05, 3.63) is 220 Å². The van der Waals surface area contributed by atoms with Crippen molar-refractivity contribution in [2.45, 2.75) is 114 Å². The molecule has 0 radical (unpaired) electrons. The number of carbonyl (C=O) groups is 2. The summed E-state index contributed by atoms with van der Waals surface area (Å²) in [5.74, 6) is 0.692. The zero-order chi connectivity index (χ0) is 64.7. The summed E-state index contributed by atoms with van der Waals surface area (Å²) in [5, 5.41) is 2.11. The van der Waals surface area contributed by atoms with Gasteiger partial charge in [-0.1, -0.05) is 239 Å². The normalized spacial score (nSPS) is 19.0. The number of benzene rings is 8. The Morgan fingerprint density at radius 3 is 0.901 bits per heavy atom. The highest BCUT2D eigenvalue weighted by Gasteiger charge is 2.63. The van der Waals surface area contributed by atoms with Crippen LogP contribution >= 0.6 is 159 Å². The molecule has 0 aromatic heterocycles. The minimum atomic E-state index is -1.09. The second-order valence-electron chi connectivity index (χ2n) is 26.8. The van der Waals surface area contributed by atoms with Gasteiger partial charge in [0.05, 0.1) is 11.6 Å². The van der Waals surface area contributed by atoms with Crippen LogP contribution in [0.3, 0.4) is 0 Å². The van der Waals surface area contributed by atoms with E-state index in [0.29, 0.717) is 16.2 Å². The van der Waals surface area contributed by atoms with E-state index < -0.39 is 5.54 Å². The third-order valence-electron chi connectivity index (χ3n) is 22.5. The van der Waals surface area contributed by atoms with Crippen LogP contribution in [0.2, 0.25) is 0 Å². The van der Waals surface area contributed by atoms with E-state index in [1.165, 1.54) is 165 Å². The largest absolute Gasteiger partial charge is 0.496 e. The van der Waals surface area contributed by atoms with Gasteiger partial charge in [-0.3, -0.25) is 9.69 Å². The Hall–Kier alpha value is -2.70. The minimum absolute atomic E-state index is 0.176. The molecular formula is C76H68Br10N2O3. The molecule has 16 rings (SSSR count). The summed E-state index contributed by atoms with van der Waals surface area (Å²) in [6, 6.07) is 49.9. The molecule has 91 heavy (non-hydrogen) atoms. The lowest BCUT2D eigenvalue weighted by molar-refractivity contribution is -0.130. The van der Waals surface area contributed by atoms with Gasteiger partial charge in [-0.2, -0.15) is 0 Å². The molecule has 0 bridgehead atoms. The van der Waals surface area contributed by atoms with Gasteiger partial charge in [-0.25, -0.2) is 4.79 Å². The summed E-state index contributed by atoms with van der Waals surface area (Å²) in [4.78, 5) is 28.3. The van der Waals surface area contributed by atoms with E-state index >= 15 is 0 Å². The highest BCUT2D eigenvalue weighted by atomic mass is 79.9. The fourth-order valence-corrected chi connectivity index (χ4v) is 22.5. The van der Waals surface area contributed by atoms with Gasteiger partial charge in [0.2, 0.25) is 0 Å². The van der Waals surface area contributed by atoms with E-state index in [4.69, 9.17) is 4.74 Å². The van der Waals surface area contributed by atoms with E-state index in [9.17, 15) is 9.59 Å². The first-order chi connectivity index (χ1) is 43.4. The van der Waals surface area contributed by atoms with Gasteiger partial charge in [-0.05, 0) is 246 Å². The van der Waals surface area contributed by atoms with Gasteiger partial charge in [0.25, 0.3) is 5.91 Å². The molecule has 1 heterocycles. The number of hydrogen-bond donors (Lipinski definition) is 0. The zero-order valence-electron chi connectivity index (χ0n) is 51.7. The number of nitrogens with zero attached hydrogens (tertiary/aromatic N) is 2. The lowest BCUT2D eigenvalue weighted by Gasteiger charge is -2.56. The number of rotatable bonds is 7. The number of fused-ring (bicyclic) bond motifs is 20. The van der Waals surface area contributed by atoms with Crippen LogP contribution in [0.5, 0.6) is 5.75 Å². The Morgan fingerprint density at radius 2 is 0.637 bits per heavy atom. The van der Waals surface area contributed by atoms with Crippen LogP contribution in [0.15, 0.2) is 175 Å². The maximum absolute atomic E-state index is 13.1. The number of likely N-dealkylation sites (N-methyl/N-ethyl adjacent to an activating group) is 2. The Morgan fingerprint density at radius 1 is 0.374 bits per heavy atom. The average molecular weight is 1860 g/mol. The van der Waals surface area contributed by atoms with Gasteiger partial charge in [0, 0.05) is 83.4 Å². The number of halogens is 10. The third-order valence-corrected chi connectivity index (χ3v) is 29.0. The number of carbonyl (C=O) groups excluding carboxylic acids is 2. The van der Waals surface area contributed by atoms with Crippen molar-refractivity contribution in [3.8, 4) is 50.3 Å². The molecule has 15 heteroatoms. The van der Waals surface area contributed by atoms with Crippen LogP contribution in [0.1, 0.15) is 136 Å². The van der Waals surface area contributed by atoms with Crippen molar-refractivity contribution in [1.29, 1.82) is 0 Å². The monoisotopic (exact) mass is 1850 g/mol. The number of ether oxygens (including phenoxy) is 1. The number of amides is 3. The number of methoxy groups -OCH3 is 1. The molecule has 7 aliphatic carbocycles. The Bertz CT molecular complexity index is 4020. The SMILES string of the molecule is BrCC1(CBr)CC2(C1)c1cc(Br)ccc1-c1ccc(Br)cc12.CCC1(CC)CC2(C1)c1cc(Br)ccc1-c1cc(OC)c(Br)cc12.CCC1(CC)CC2(C1)c1cc(Br)ccc1-c1ccc(Br)cc12.CN1C(=O)N(C)C2(C1=O)c1cc(Br)ccc1-c1ccc(Br)cc12. The summed E-state index contributed by atoms with van der Waals surface area (Å²) in [6.07, 6.45) is 12.6. The molecule has 0 atom stereocenters. The Labute approximate surface area is 620 Å². The van der Waals surface area contributed by atoms with E-state index in [2.05, 4.69) is 290 Å². The lowest BCUT2D eigenvalue weighted by atomic mass is 9.48. The number of imide groups is 1. The molecule has 5 nitrogen and oxygen atoms in total. The smallest absolute Gasteiger partial charge is 0.327 e. The third kappa shape index (κ3) is 10.3. The average Bonchev–Trinajstić information content (AvgIpc) is 1.59. The fourth-order valence-electron chi connectivity index (χ4n) is 17.7. The van der Waals surface area contributed by atoms with Gasteiger partial charge in [0.15, 0.2) is 5.54 Å². The van der Waals surface area contributed by atoms with E-state index in [0.717, 1.165) is 52.1 Å². The van der Waals surface area contributed by atoms with Crippen molar-refractivity contribution in [2.24, 2.45) is 16.2 Å². The topological polar surface area (TPSA) is 49.9 Å². The summed E-state index contributed by atoms with van der Waals surface area (Å²) < 4.78 is 14.3. The molecule has 470 valence electrons. The Kier molecular flexibility index (Phi) is 18.1. The first-order valence-electron chi connectivity index (χ1n) is 31.1. The van der Waals surface area contributed by atoms with Crippen molar-refractivity contribution >= 4 is 171 Å². The van der Waals surface area contributed by atoms with Crippen molar-refractivity contribution in [2.75, 3.05) is 31.9 Å². The molecule has 8 aromatic carbocycles. The van der Waals surface area contributed by atoms with Gasteiger partial charge >= 0.3 is 6.03 Å². The zero-order valence-corrected chi connectivity index (χ0v) is 67.5. The van der Waals surface area contributed by atoms with Crippen LogP contribution in [0, 0.1) is 16.2 Å². The first kappa shape index (κ1) is 66.9. The maximum atomic E-state index is 13.1. The minimum Gasteiger partial charge on any atom is -0.496 e. The summed E-state index contributed by atoms with van der Waals surface area (Å²) in [7, 11) is 4.95. The second kappa shape index (κ2) is 24.7. The van der Waals surface area contributed by atoms with Crippen molar-refractivity contribution < 1.29 is 14.3 Å². The fraction of sp³-hybridized carbons (Fsp3) is 0.342. The van der Waals surface area contributed by atoms with Crippen LogP contribution in [-0.2, 0) is 26.6 Å². The van der Waals surface area contributed by atoms with E-state index in [1.54, 1.807) is 19.1 Å². The molecule has 3 amide bonds. The van der Waals surface area contributed by atoms with Crippen LogP contribution in [-0.4, -0.2) is 53.6 Å². The maximum Gasteiger partial charge on any atom is 0.327 e. The molecule has 8 aromatic rings. The summed E-state index contributed by atoms with van der Waals surface area (Å²) in [6.45, 7) is 9.40. The second-order valence-corrected chi connectivity index (χ2v) is 35.2. The van der Waals surface area contributed by atoms with Crippen LogP contribution in [0.4, 0.5) is 4.79 Å². The van der Waals surface area contributed by atoms with E-state index in [1.807, 2.05) is 36.4 Å². The van der Waals surface area contributed by atoms with Crippen molar-refractivity contribution in [1.82, 2.24) is 9.80 Å². The highest BCUT2D eigenvalue weighted by molar-refractivity contribution is 9.12. The van der Waals surface area contributed by atoms with Crippen LogP contribution in [0.25, 0.3) is 44.5 Å². The summed E-state index contributed by atoms with van der Waals surface area (Å²) >= 11 is 36.5. The van der Waals surface area contributed by atoms with Gasteiger partial charge in [-0.15, -0.1) is 0 Å². The van der Waals surface area contributed by atoms with Crippen molar-refractivity contribution in [3.63, 3.8) is 0 Å². The molecule has 1 saturated heterocycles. The van der Waals surface area contributed by atoms with Gasteiger partial charge in [0.1, 0.15) is 5.75 Å². The molecule has 4 spiro atoms. The molecule has 8 aliphatic rings. The molecular weight excluding hydrogens is 1790 g/mol. The highest BCUT2D eigenvalue weighted by Crippen LogP contribution is 2.71. The molecule has 3 saturated carbocycles. The van der Waals surface area contributed by atoms with E-state index in [-0.39, 0.29) is 28.2 Å². The predicted molar refractivity (Wildman–Crippen MR) is 408 cm³/mol. The summed E-state index contributed by atoms with van der Waals surface area (Å²) in [5.41, 5.74) is 22.0. The number of urea groups is 1. The lowest BCUT2D eigenvalue weighted by Crippen LogP contribution is -2.51. The predicted octanol–water partition coefficient (Wildman–Crippen LogP) is 25.2. The van der Waals surface area contributed by atoms with Crippen LogP contribution < -0.4 is 4.74 Å². The standard InChI is InChI=1S/C21H22Br2O.C20H20Br2.C18H14Br4.C17H12Br2N2O2/c1-4-20(5-2)11-21(12-20)16-8-13(22)6-7-14(16)15-9-19(24-3)18(23)10-17(15)21;1-3-19(4-2)11-20(12-19)17-9-13(21)5-7-15(17)16-8-6-14(22)10-18(16)20;19-9-17(10-20)7-18(8-17)15-5-11(21)1-3-13(15)14-4-2-12(22)6-16(14)18;1-20-15(22)17(21(2)16(20)23)13-7-9(18)3-5-11(13)12-6-4-10(19)8-14(12)17/h6-10H,4-5,11-12H2,1-3H3;5-10H,3-4,11-12H2,1-2H3;1-6H,7-10H2;3-8H,1-2H3. The number of hydrogen-bond acceptors (Lipinski definition) is 3.